The Morgan fingerprint density at radius 3 is 0.986 bits per heavy atom. The molecule has 3 N–H and O–H groups in total. The number of allylic oxidation sites excluding steroid dienone is 1. The normalized spacial score (nSPS) is 12.6. The van der Waals surface area contributed by atoms with Crippen LogP contribution in [0, 0.1) is 0 Å². The third kappa shape index (κ3) is 55.8. The Labute approximate surface area is 431 Å². The lowest BCUT2D eigenvalue weighted by molar-refractivity contribution is -0.143. The summed E-state index contributed by atoms with van der Waals surface area (Å²) in [6, 6.07) is -0.622. The molecule has 0 bridgehead atoms. The molecule has 0 aliphatic carbocycles. The van der Waals surface area contributed by atoms with Gasteiger partial charge in [0.15, 0.2) is 0 Å². The van der Waals surface area contributed by atoms with Gasteiger partial charge in [-0.05, 0) is 32.1 Å². The first-order valence-corrected chi connectivity index (χ1v) is 31.5. The van der Waals surface area contributed by atoms with E-state index in [1.807, 2.05) is 6.08 Å². The van der Waals surface area contributed by atoms with E-state index in [-0.39, 0.29) is 18.5 Å². The number of aliphatic hydroxyl groups is 2. The summed E-state index contributed by atoms with van der Waals surface area (Å²) in [5.41, 5.74) is 0. The summed E-state index contributed by atoms with van der Waals surface area (Å²) < 4.78 is 5.50. The molecule has 6 nitrogen and oxygen atoms in total. The van der Waals surface area contributed by atoms with Crippen LogP contribution in [0.2, 0.25) is 0 Å². The number of ether oxygens (including phenoxy) is 1. The van der Waals surface area contributed by atoms with Crippen LogP contribution in [0.15, 0.2) is 12.2 Å². The van der Waals surface area contributed by atoms with Gasteiger partial charge in [-0.1, -0.05) is 321 Å². The SMILES string of the molecule is CCCCCCCCC/C=C/C(O)C(CO)NC(=O)CCCCCCCCCCCCCCCCCCCCCCCCCCCCCOC(=O)CCCCCCCCCCCCCCCCCC. The van der Waals surface area contributed by atoms with Gasteiger partial charge in [-0.25, -0.2) is 0 Å². The molecule has 0 rings (SSSR count). The smallest absolute Gasteiger partial charge is 0.305 e. The van der Waals surface area contributed by atoms with Gasteiger partial charge in [-0.15, -0.1) is 0 Å². The van der Waals surface area contributed by atoms with E-state index in [0.717, 1.165) is 38.5 Å². The predicted molar refractivity (Wildman–Crippen MR) is 301 cm³/mol. The molecule has 0 aliphatic heterocycles. The Kier molecular flexibility index (Phi) is 58.0. The maximum absolute atomic E-state index is 12.4. The Bertz CT molecular complexity index is 1030. The van der Waals surface area contributed by atoms with Gasteiger partial charge < -0.3 is 20.3 Å². The van der Waals surface area contributed by atoms with Crippen molar-refractivity contribution in [2.24, 2.45) is 0 Å². The maximum atomic E-state index is 12.4. The molecule has 0 aromatic heterocycles. The lowest BCUT2D eigenvalue weighted by atomic mass is 10.0. The molecule has 0 radical (unpaired) electrons. The summed E-state index contributed by atoms with van der Waals surface area (Å²) in [7, 11) is 0. The number of hydrogen-bond acceptors (Lipinski definition) is 5. The zero-order valence-corrected chi connectivity index (χ0v) is 46.8. The number of carbonyl (C=O) groups is 2. The van der Waals surface area contributed by atoms with Gasteiger partial charge in [0.05, 0.1) is 25.4 Å². The molecule has 0 fully saturated rings. The van der Waals surface area contributed by atoms with Crippen LogP contribution in [0.3, 0.4) is 0 Å². The summed E-state index contributed by atoms with van der Waals surface area (Å²) in [5.74, 6) is -0.0449. The minimum absolute atomic E-state index is 0.0216. The minimum Gasteiger partial charge on any atom is -0.466 e. The highest BCUT2D eigenvalue weighted by Gasteiger charge is 2.18. The van der Waals surface area contributed by atoms with E-state index in [9.17, 15) is 19.8 Å². The summed E-state index contributed by atoms with van der Waals surface area (Å²) in [4.78, 5) is 24.5. The van der Waals surface area contributed by atoms with Crippen LogP contribution in [-0.4, -0.2) is 47.4 Å². The molecule has 0 saturated carbocycles. The summed E-state index contributed by atoms with van der Waals surface area (Å²) in [6.07, 6.45) is 71.3. The van der Waals surface area contributed by atoms with Crippen molar-refractivity contribution >= 4 is 11.9 Å². The Morgan fingerprint density at radius 2 is 0.667 bits per heavy atom. The molecule has 2 unspecified atom stereocenters. The number of carbonyl (C=O) groups excluding carboxylic acids is 2. The second-order valence-corrected chi connectivity index (χ2v) is 21.8. The lowest BCUT2D eigenvalue weighted by Gasteiger charge is -2.20. The van der Waals surface area contributed by atoms with E-state index in [1.54, 1.807) is 6.08 Å². The molecule has 69 heavy (non-hydrogen) atoms. The van der Waals surface area contributed by atoms with Crippen LogP contribution in [0.4, 0.5) is 0 Å². The third-order valence-corrected chi connectivity index (χ3v) is 14.8. The molecule has 1 amide bonds. The van der Waals surface area contributed by atoms with E-state index < -0.39 is 12.1 Å². The maximum Gasteiger partial charge on any atom is 0.305 e. The van der Waals surface area contributed by atoms with Gasteiger partial charge in [-0.3, -0.25) is 9.59 Å². The van der Waals surface area contributed by atoms with Crippen molar-refractivity contribution in [1.82, 2.24) is 5.32 Å². The van der Waals surface area contributed by atoms with E-state index in [0.29, 0.717) is 19.4 Å². The fourth-order valence-electron chi connectivity index (χ4n) is 9.99. The highest BCUT2D eigenvalue weighted by Crippen LogP contribution is 2.18. The first-order valence-electron chi connectivity index (χ1n) is 31.5. The van der Waals surface area contributed by atoms with Gasteiger partial charge >= 0.3 is 5.97 Å². The van der Waals surface area contributed by atoms with Gasteiger partial charge in [0.25, 0.3) is 0 Å². The van der Waals surface area contributed by atoms with Crippen molar-refractivity contribution in [3.05, 3.63) is 12.2 Å². The average molecular weight is 975 g/mol. The molecule has 2 atom stereocenters. The number of amides is 1. The highest BCUT2D eigenvalue weighted by atomic mass is 16.5. The van der Waals surface area contributed by atoms with Crippen LogP contribution >= 0.6 is 0 Å². The number of esters is 1. The van der Waals surface area contributed by atoms with Crippen LogP contribution < -0.4 is 5.32 Å². The van der Waals surface area contributed by atoms with E-state index in [1.165, 1.54) is 289 Å². The molecule has 0 aromatic rings. The van der Waals surface area contributed by atoms with Gasteiger partial charge in [-0.2, -0.15) is 0 Å². The van der Waals surface area contributed by atoms with Gasteiger partial charge in [0, 0.05) is 12.8 Å². The summed E-state index contributed by atoms with van der Waals surface area (Å²) >= 11 is 0. The fourth-order valence-corrected chi connectivity index (χ4v) is 9.99. The van der Waals surface area contributed by atoms with Crippen LogP contribution in [0.25, 0.3) is 0 Å². The summed E-state index contributed by atoms with van der Waals surface area (Å²) in [5, 5.41) is 22.9. The quantitative estimate of drug-likeness (QED) is 0.0321. The number of nitrogens with one attached hydrogen (secondary N) is 1. The number of hydrogen-bond donors (Lipinski definition) is 3. The molecule has 0 heterocycles. The lowest BCUT2D eigenvalue weighted by Crippen LogP contribution is -2.45. The Balaban J connectivity index is 3.30. The average Bonchev–Trinajstić information content (AvgIpc) is 3.35. The van der Waals surface area contributed by atoms with Crippen LogP contribution in [0.5, 0.6) is 0 Å². The van der Waals surface area contributed by atoms with Crippen molar-refractivity contribution in [3.63, 3.8) is 0 Å². The minimum atomic E-state index is -0.839. The van der Waals surface area contributed by atoms with E-state index >= 15 is 0 Å². The molecule has 0 saturated heterocycles. The molecule has 0 aromatic carbocycles. The first kappa shape index (κ1) is 67.6. The zero-order valence-electron chi connectivity index (χ0n) is 46.8. The molecule has 0 aliphatic rings. The van der Waals surface area contributed by atoms with Crippen LogP contribution in [0.1, 0.15) is 354 Å². The Morgan fingerprint density at radius 1 is 0.391 bits per heavy atom. The largest absolute Gasteiger partial charge is 0.466 e. The van der Waals surface area contributed by atoms with Crippen molar-refractivity contribution in [1.29, 1.82) is 0 Å². The van der Waals surface area contributed by atoms with Crippen molar-refractivity contribution in [3.8, 4) is 0 Å². The predicted octanol–water partition coefficient (Wildman–Crippen LogP) is 19.6. The molecule has 6 heteroatoms. The highest BCUT2D eigenvalue weighted by molar-refractivity contribution is 5.76. The standard InChI is InChI=1S/C63H123NO5/c1-3-5-7-9-11-13-14-15-16-31-34-37-41-45-49-53-57-63(68)69-58-54-50-46-42-38-35-32-29-27-25-23-21-19-17-18-20-22-24-26-28-30-33-36-40-44-48-52-56-62(67)64-60(59-65)61(66)55-51-47-43-39-12-10-8-6-4-2/h51,55,60-61,65-66H,3-50,52-54,56-59H2,1-2H3,(H,64,67)/b55-51+. The van der Waals surface area contributed by atoms with Crippen molar-refractivity contribution in [2.75, 3.05) is 13.2 Å². The summed E-state index contributed by atoms with van der Waals surface area (Å²) in [6.45, 7) is 4.90. The molecular formula is C63H123NO5. The topological polar surface area (TPSA) is 95.9 Å². The van der Waals surface area contributed by atoms with E-state index in [4.69, 9.17) is 4.74 Å². The number of unbranched alkanes of at least 4 members (excludes halogenated alkanes) is 48. The van der Waals surface area contributed by atoms with Crippen LogP contribution in [-0.2, 0) is 14.3 Å². The molecular weight excluding hydrogens is 851 g/mol. The molecule has 0 spiro atoms. The second kappa shape index (κ2) is 59.2. The second-order valence-electron chi connectivity index (χ2n) is 21.8. The Hall–Kier alpha value is -1.40. The fraction of sp³-hybridized carbons (Fsp3) is 0.937. The van der Waals surface area contributed by atoms with Gasteiger partial charge in [0.1, 0.15) is 0 Å². The monoisotopic (exact) mass is 974 g/mol. The van der Waals surface area contributed by atoms with Gasteiger partial charge in [0.2, 0.25) is 5.91 Å². The molecule has 410 valence electrons. The zero-order chi connectivity index (χ0) is 50.0. The number of rotatable bonds is 59. The van der Waals surface area contributed by atoms with Crippen molar-refractivity contribution in [2.45, 2.75) is 366 Å². The van der Waals surface area contributed by atoms with Crippen molar-refractivity contribution < 1.29 is 24.5 Å². The number of aliphatic hydroxyl groups excluding tert-OH is 2. The van der Waals surface area contributed by atoms with E-state index in [2.05, 4.69) is 19.2 Å². The first-order chi connectivity index (χ1) is 34.0. The third-order valence-electron chi connectivity index (χ3n) is 14.8.